The highest BCUT2D eigenvalue weighted by Crippen LogP contribution is 2.17. The summed E-state index contributed by atoms with van der Waals surface area (Å²) in [5, 5.41) is 6.33. The average molecular weight is 337 g/mol. The van der Waals surface area contributed by atoms with E-state index < -0.39 is 0 Å². The Hall–Kier alpha value is -2.28. The Morgan fingerprint density at radius 2 is 2.08 bits per heavy atom. The van der Waals surface area contributed by atoms with E-state index in [4.69, 9.17) is 9.47 Å². The molecule has 0 fully saturated rings. The normalized spacial score (nSPS) is 11.0. The third kappa shape index (κ3) is 8.38. The maximum Gasteiger partial charge on any atom is 0.307 e. The monoisotopic (exact) mass is 337 g/mol. The van der Waals surface area contributed by atoms with Crippen molar-refractivity contribution < 1.29 is 19.0 Å². The van der Waals surface area contributed by atoms with Crippen LogP contribution in [0.5, 0.6) is 5.75 Å². The third-order valence-electron chi connectivity index (χ3n) is 3.02. The van der Waals surface area contributed by atoms with Crippen LogP contribution in [0.25, 0.3) is 0 Å². The molecule has 134 valence electrons. The molecule has 0 atom stereocenters. The molecule has 0 aliphatic heterocycles. The van der Waals surface area contributed by atoms with Gasteiger partial charge in [-0.1, -0.05) is 6.07 Å². The van der Waals surface area contributed by atoms with Gasteiger partial charge in [-0.15, -0.1) is 0 Å². The van der Waals surface area contributed by atoms with Gasteiger partial charge in [-0.25, -0.2) is 0 Å². The van der Waals surface area contributed by atoms with Crippen LogP contribution in [-0.2, 0) is 14.3 Å². The van der Waals surface area contributed by atoms with Gasteiger partial charge in [0.25, 0.3) is 0 Å². The second kappa shape index (κ2) is 12.2. The molecule has 0 bridgehead atoms. The van der Waals surface area contributed by atoms with Crippen molar-refractivity contribution in [2.75, 3.05) is 45.8 Å². The summed E-state index contributed by atoms with van der Waals surface area (Å²) in [6, 6.07) is 7.64. The summed E-state index contributed by atoms with van der Waals surface area (Å²) in [5.41, 5.74) is 0.858. The second-order valence-corrected chi connectivity index (χ2v) is 4.93. The highest BCUT2D eigenvalue weighted by atomic mass is 16.5. The Balaban J connectivity index is 2.59. The number of benzene rings is 1. The molecule has 0 spiro atoms. The number of hydrogen-bond donors (Lipinski definition) is 2. The molecule has 1 aromatic carbocycles. The first kappa shape index (κ1) is 19.8. The van der Waals surface area contributed by atoms with E-state index in [9.17, 15) is 4.79 Å². The number of hydrogen-bond acceptors (Lipinski definition) is 5. The molecule has 0 heterocycles. The van der Waals surface area contributed by atoms with Crippen molar-refractivity contribution in [1.29, 1.82) is 0 Å². The summed E-state index contributed by atoms with van der Waals surface area (Å²) < 4.78 is 15.3. The van der Waals surface area contributed by atoms with Crippen LogP contribution in [0.15, 0.2) is 29.3 Å². The lowest BCUT2D eigenvalue weighted by molar-refractivity contribution is -0.140. The quantitative estimate of drug-likeness (QED) is 0.294. The van der Waals surface area contributed by atoms with Crippen molar-refractivity contribution in [2.24, 2.45) is 4.99 Å². The minimum atomic E-state index is -0.277. The predicted molar refractivity (Wildman–Crippen MR) is 94.7 cm³/mol. The molecule has 1 rings (SSSR count). The number of carbonyl (C=O) groups excluding carboxylic acids is 1. The number of rotatable bonds is 10. The number of esters is 1. The van der Waals surface area contributed by atoms with E-state index in [0.29, 0.717) is 25.7 Å². The number of carbonyl (C=O) groups is 1. The summed E-state index contributed by atoms with van der Waals surface area (Å²) in [4.78, 5) is 15.5. The van der Waals surface area contributed by atoms with Crippen LogP contribution >= 0.6 is 0 Å². The van der Waals surface area contributed by atoms with Gasteiger partial charge in [0.15, 0.2) is 5.96 Å². The first-order valence-corrected chi connectivity index (χ1v) is 8.03. The Kier molecular flexibility index (Phi) is 10.0. The zero-order valence-corrected chi connectivity index (χ0v) is 14.6. The maximum absolute atomic E-state index is 11.1. The molecule has 0 amide bonds. The van der Waals surface area contributed by atoms with E-state index in [1.807, 2.05) is 31.2 Å². The molecule has 0 aliphatic carbocycles. The van der Waals surface area contributed by atoms with E-state index in [1.54, 1.807) is 7.11 Å². The standard InChI is InChI=1S/C17H27N3O4/c1-4-18-17(19-10-9-16(21)23-3)20-14-7-5-8-15(13-14)24-12-6-11-22-2/h5,7-8,13H,4,6,9-12H2,1-3H3,(H2,18,19,20). The number of nitrogens with one attached hydrogen (secondary N) is 2. The van der Waals surface area contributed by atoms with Crippen LogP contribution < -0.4 is 15.4 Å². The molecule has 24 heavy (non-hydrogen) atoms. The molecule has 0 unspecified atom stereocenters. The van der Waals surface area contributed by atoms with Crippen molar-refractivity contribution in [3.8, 4) is 5.75 Å². The molecule has 0 saturated carbocycles. The van der Waals surface area contributed by atoms with Gasteiger partial charge in [0.2, 0.25) is 0 Å². The SMILES string of the molecule is CCNC(=NCCC(=O)OC)Nc1cccc(OCCCOC)c1. The maximum atomic E-state index is 11.1. The van der Waals surface area contributed by atoms with Gasteiger partial charge in [-0.05, 0) is 19.1 Å². The largest absolute Gasteiger partial charge is 0.493 e. The van der Waals surface area contributed by atoms with Gasteiger partial charge in [-0.2, -0.15) is 0 Å². The van der Waals surface area contributed by atoms with Crippen LogP contribution in [0.3, 0.4) is 0 Å². The van der Waals surface area contributed by atoms with Gasteiger partial charge < -0.3 is 24.8 Å². The zero-order valence-electron chi connectivity index (χ0n) is 14.6. The van der Waals surface area contributed by atoms with E-state index in [1.165, 1.54) is 7.11 Å². The van der Waals surface area contributed by atoms with Gasteiger partial charge >= 0.3 is 5.97 Å². The van der Waals surface area contributed by atoms with E-state index in [0.717, 1.165) is 24.4 Å². The highest BCUT2D eigenvalue weighted by Gasteiger charge is 2.03. The Morgan fingerprint density at radius 1 is 1.25 bits per heavy atom. The molecule has 7 nitrogen and oxygen atoms in total. The summed E-state index contributed by atoms with van der Waals surface area (Å²) >= 11 is 0. The molecule has 0 aliphatic rings. The van der Waals surface area contributed by atoms with Crippen molar-refractivity contribution in [3.05, 3.63) is 24.3 Å². The zero-order chi connectivity index (χ0) is 17.6. The molecule has 2 N–H and O–H groups in total. The first-order valence-electron chi connectivity index (χ1n) is 8.03. The van der Waals surface area contributed by atoms with Crippen molar-refractivity contribution in [3.63, 3.8) is 0 Å². The fraction of sp³-hybridized carbons (Fsp3) is 0.529. The lowest BCUT2D eigenvalue weighted by Gasteiger charge is -2.12. The first-order chi connectivity index (χ1) is 11.7. The number of ether oxygens (including phenoxy) is 3. The Labute approximate surface area is 143 Å². The molecule has 1 aromatic rings. The smallest absolute Gasteiger partial charge is 0.307 e. The number of methoxy groups -OCH3 is 2. The molecular weight excluding hydrogens is 310 g/mol. The molecule has 0 aromatic heterocycles. The van der Waals surface area contributed by atoms with Crippen LogP contribution in [0.4, 0.5) is 5.69 Å². The minimum Gasteiger partial charge on any atom is -0.493 e. The fourth-order valence-corrected chi connectivity index (χ4v) is 1.86. The molecular formula is C17H27N3O4. The van der Waals surface area contributed by atoms with Gasteiger partial charge in [-0.3, -0.25) is 9.79 Å². The minimum absolute atomic E-state index is 0.246. The highest BCUT2D eigenvalue weighted by molar-refractivity contribution is 5.93. The van der Waals surface area contributed by atoms with Gasteiger partial charge in [0.05, 0.1) is 26.7 Å². The van der Waals surface area contributed by atoms with Gasteiger partial charge in [0, 0.05) is 38.4 Å². The summed E-state index contributed by atoms with van der Waals surface area (Å²) in [5.74, 6) is 1.11. The van der Waals surface area contributed by atoms with Crippen LogP contribution in [0.2, 0.25) is 0 Å². The van der Waals surface area contributed by atoms with E-state index in [-0.39, 0.29) is 12.4 Å². The number of nitrogens with zero attached hydrogens (tertiary/aromatic N) is 1. The van der Waals surface area contributed by atoms with E-state index in [2.05, 4.69) is 20.4 Å². The van der Waals surface area contributed by atoms with Crippen LogP contribution in [0, 0.1) is 0 Å². The van der Waals surface area contributed by atoms with E-state index >= 15 is 0 Å². The molecule has 0 radical (unpaired) electrons. The summed E-state index contributed by atoms with van der Waals surface area (Å²) in [7, 11) is 3.04. The lowest BCUT2D eigenvalue weighted by atomic mass is 10.3. The fourth-order valence-electron chi connectivity index (χ4n) is 1.86. The topological polar surface area (TPSA) is 81.2 Å². The number of aliphatic imine (C=N–C) groups is 1. The third-order valence-corrected chi connectivity index (χ3v) is 3.02. The van der Waals surface area contributed by atoms with Crippen LogP contribution in [-0.4, -0.2) is 52.5 Å². The van der Waals surface area contributed by atoms with Crippen molar-refractivity contribution in [1.82, 2.24) is 5.32 Å². The summed E-state index contributed by atoms with van der Waals surface area (Å²) in [6.45, 7) is 4.33. The predicted octanol–water partition coefficient (Wildman–Crippen LogP) is 2.04. The lowest BCUT2D eigenvalue weighted by Crippen LogP contribution is -2.31. The Bertz CT molecular complexity index is 520. The average Bonchev–Trinajstić information content (AvgIpc) is 2.59. The number of guanidine groups is 1. The molecule has 0 saturated heterocycles. The van der Waals surface area contributed by atoms with Gasteiger partial charge in [0.1, 0.15) is 5.75 Å². The molecule has 7 heteroatoms. The second-order valence-electron chi connectivity index (χ2n) is 4.93. The summed E-state index contributed by atoms with van der Waals surface area (Å²) in [6.07, 6.45) is 1.08. The van der Waals surface area contributed by atoms with Crippen molar-refractivity contribution in [2.45, 2.75) is 19.8 Å². The van der Waals surface area contributed by atoms with Crippen molar-refractivity contribution >= 4 is 17.6 Å². The van der Waals surface area contributed by atoms with Crippen LogP contribution in [0.1, 0.15) is 19.8 Å². The number of anilines is 1. The Morgan fingerprint density at radius 3 is 2.79 bits per heavy atom.